The van der Waals surface area contributed by atoms with Crippen LogP contribution in [0.15, 0.2) is 60.7 Å². The molecule has 6 nitrogen and oxygen atoms in total. The lowest BCUT2D eigenvalue weighted by Crippen LogP contribution is -2.32. The Labute approximate surface area is 159 Å². The van der Waals surface area contributed by atoms with Crippen LogP contribution in [0.3, 0.4) is 0 Å². The van der Waals surface area contributed by atoms with Crippen molar-refractivity contribution in [3.63, 3.8) is 0 Å². The molecule has 1 aromatic heterocycles. The molecule has 0 aliphatic carbocycles. The number of aromatic nitrogens is 4. The summed E-state index contributed by atoms with van der Waals surface area (Å²) in [5, 5.41) is 12.6. The van der Waals surface area contributed by atoms with Crippen LogP contribution in [-0.2, 0) is 17.8 Å². The van der Waals surface area contributed by atoms with Gasteiger partial charge in [0.1, 0.15) is 0 Å². The fourth-order valence-corrected chi connectivity index (χ4v) is 2.94. The first-order chi connectivity index (χ1) is 13.3. The number of nitrogens with zero attached hydrogens (tertiary/aromatic N) is 5. The fourth-order valence-electron chi connectivity index (χ4n) is 2.94. The van der Waals surface area contributed by atoms with E-state index in [1.54, 1.807) is 4.80 Å². The summed E-state index contributed by atoms with van der Waals surface area (Å²) in [6.07, 6.45) is 2.07. The molecule has 2 aromatic carbocycles. The smallest absolute Gasteiger partial charge is 0.222 e. The molecule has 0 aliphatic heterocycles. The van der Waals surface area contributed by atoms with Gasteiger partial charge in [-0.2, -0.15) is 4.80 Å². The average molecular weight is 363 g/mol. The highest BCUT2D eigenvalue weighted by Crippen LogP contribution is 2.12. The van der Waals surface area contributed by atoms with E-state index in [9.17, 15) is 4.79 Å². The lowest BCUT2D eigenvalue weighted by molar-refractivity contribution is -0.131. The quantitative estimate of drug-likeness (QED) is 0.586. The number of aryl methyl sites for hydroxylation is 1. The maximum atomic E-state index is 12.5. The second kappa shape index (κ2) is 9.62. The summed E-state index contributed by atoms with van der Waals surface area (Å²) in [5.74, 6) is 0.789. The van der Waals surface area contributed by atoms with Crippen LogP contribution in [0.4, 0.5) is 0 Å². The predicted molar refractivity (Wildman–Crippen MR) is 105 cm³/mol. The van der Waals surface area contributed by atoms with Crippen molar-refractivity contribution in [2.24, 2.45) is 0 Å². The van der Waals surface area contributed by atoms with Crippen LogP contribution in [0.2, 0.25) is 0 Å². The van der Waals surface area contributed by atoms with E-state index in [4.69, 9.17) is 0 Å². The summed E-state index contributed by atoms with van der Waals surface area (Å²) in [4.78, 5) is 16.0. The lowest BCUT2D eigenvalue weighted by Gasteiger charge is -2.21. The van der Waals surface area contributed by atoms with Gasteiger partial charge in [0.05, 0.1) is 6.54 Å². The van der Waals surface area contributed by atoms with Crippen LogP contribution in [0.1, 0.15) is 25.3 Å². The maximum absolute atomic E-state index is 12.5. The van der Waals surface area contributed by atoms with E-state index in [1.165, 1.54) is 5.56 Å². The van der Waals surface area contributed by atoms with Crippen molar-refractivity contribution in [3.8, 4) is 11.4 Å². The Balaban J connectivity index is 1.45. The molecule has 1 heterocycles. The van der Waals surface area contributed by atoms with E-state index >= 15 is 0 Å². The van der Waals surface area contributed by atoms with Crippen molar-refractivity contribution in [1.29, 1.82) is 0 Å². The normalized spacial score (nSPS) is 10.7. The predicted octanol–water partition coefficient (Wildman–Crippen LogP) is 3.21. The molecule has 1 amide bonds. The Morgan fingerprint density at radius 3 is 2.44 bits per heavy atom. The number of rotatable bonds is 9. The Hall–Kier alpha value is -3.02. The molecule has 6 heteroatoms. The van der Waals surface area contributed by atoms with Gasteiger partial charge < -0.3 is 4.90 Å². The Kier molecular flexibility index (Phi) is 6.68. The van der Waals surface area contributed by atoms with Crippen molar-refractivity contribution in [2.75, 3.05) is 13.1 Å². The number of hydrogen-bond acceptors (Lipinski definition) is 4. The molecule has 3 aromatic rings. The number of carbonyl (C=O) groups is 1. The summed E-state index contributed by atoms with van der Waals surface area (Å²) in [5.41, 5.74) is 2.20. The minimum atomic E-state index is 0.178. The van der Waals surface area contributed by atoms with E-state index in [-0.39, 0.29) is 5.91 Å². The van der Waals surface area contributed by atoms with Crippen LogP contribution < -0.4 is 0 Å². The van der Waals surface area contributed by atoms with Gasteiger partial charge in [-0.25, -0.2) is 0 Å². The number of hydrogen-bond donors (Lipinski definition) is 0. The van der Waals surface area contributed by atoms with Crippen LogP contribution in [-0.4, -0.2) is 44.1 Å². The number of tetrazole rings is 1. The van der Waals surface area contributed by atoms with E-state index in [0.717, 1.165) is 25.1 Å². The third kappa shape index (κ3) is 5.48. The Morgan fingerprint density at radius 1 is 1.04 bits per heavy atom. The zero-order valence-electron chi connectivity index (χ0n) is 15.7. The third-order valence-electron chi connectivity index (χ3n) is 4.48. The molecule has 27 heavy (non-hydrogen) atoms. The van der Waals surface area contributed by atoms with Crippen molar-refractivity contribution < 1.29 is 4.79 Å². The molecule has 3 rings (SSSR count). The van der Waals surface area contributed by atoms with Crippen molar-refractivity contribution >= 4 is 5.91 Å². The average Bonchev–Trinajstić information content (AvgIpc) is 3.19. The van der Waals surface area contributed by atoms with Gasteiger partial charge in [-0.1, -0.05) is 60.7 Å². The van der Waals surface area contributed by atoms with Crippen LogP contribution >= 0.6 is 0 Å². The molecule has 0 saturated heterocycles. The van der Waals surface area contributed by atoms with Gasteiger partial charge >= 0.3 is 0 Å². The molecule has 0 fully saturated rings. The SMILES string of the molecule is CCN(CCc1ccccc1)C(=O)CCCn1nnc(-c2ccccc2)n1. The molecular formula is C21H25N5O. The minimum absolute atomic E-state index is 0.178. The van der Waals surface area contributed by atoms with E-state index < -0.39 is 0 Å². The summed E-state index contributed by atoms with van der Waals surface area (Å²) >= 11 is 0. The van der Waals surface area contributed by atoms with Crippen molar-refractivity contribution in [3.05, 3.63) is 66.2 Å². The highest BCUT2D eigenvalue weighted by molar-refractivity contribution is 5.76. The first-order valence-electron chi connectivity index (χ1n) is 9.41. The van der Waals surface area contributed by atoms with Gasteiger partial charge in [0.15, 0.2) is 0 Å². The maximum Gasteiger partial charge on any atom is 0.222 e. The first-order valence-corrected chi connectivity index (χ1v) is 9.41. The fraction of sp³-hybridized carbons (Fsp3) is 0.333. The third-order valence-corrected chi connectivity index (χ3v) is 4.48. The molecule has 0 N–H and O–H groups in total. The molecule has 0 spiro atoms. The van der Waals surface area contributed by atoms with E-state index in [1.807, 2.05) is 60.4 Å². The molecule has 140 valence electrons. The van der Waals surface area contributed by atoms with Crippen LogP contribution in [0, 0.1) is 0 Å². The summed E-state index contributed by atoms with van der Waals surface area (Å²) in [6, 6.07) is 20.0. The molecular weight excluding hydrogens is 338 g/mol. The van der Waals surface area contributed by atoms with Gasteiger partial charge in [-0.3, -0.25) is 4.79 Å². The monoisotopic (exact) mass is 363 g/mol. The first kappa shape index (κ1) is 18.8. The molecule has 0 atom stereocenters. The number of likely N-dealkylation sites (N-methyl/N-ethyl adjacent to an activating group) is 1. The molecule has 0 aliphatic rings. The summed E-state index contributed by atoms with van der Waals surface area (Å²) in [7, 11) is 0. The van der Waals surface area contributed by atoms with E-state index in [0.29, 0.717) is 25.2 Å². The largest absolute Gasteiger partial charge is 0.343 e. The lowest BCUT2D eigenvalue weighted by atomic mass is 10.1. The standard InChI is InChI=1S/C21H25N5O/c1-2-25(17-15-18-10-5-3-6-11-18)20(27)14-9-16-26-23-21(22-24-26)19-12-7-4-8-13-19/h3-8,10-13H,2,9,14-17H2,1H3. The summed E-state index contributed by atoms with van der Waals surface area (Å²) in [6.45, 7) is 4.08. The molecule has 0 radical (unpaired) electrons. The van der Waals surface area contributed by atoms with Gasteiger partial charge in [-0.15, -0.1) is 10.2 Å². The molecule has 0 unspecified atom stereocenters. The summed E-state index contributed by atoms with van der Waals surface area (Å²) < 4.78 is 0. The Bertz CT molecular complexity index is 832. The zero-order chi connectivity index (χ0) is 18.9. The number of carbonyl (C=O) groups excluding carboxylic acids is 1. The molecule has 0 bridgehead atoms. The highest BCUT2D eigenvalue weighted by atomic mass is 16.2. The van der Waals surface area contributed by atoms with E-state index in [2.05, 4.69) is 27.5 Å². The second-order valence-corrected chi connectivity index (χ2v) is 6.39. The van der Waals surface area contributed by atoms with Gasteiger partial charge in [-0.05, 0) is 30.5 Å². The van der Waals surface area contributed by atoms with Gasteiger partial charge in [0, 0.05) is 25.1 Å². The Morgan fingerprint density at radius 2 is 1.74 bits per heavy atom. The number of benzene rings is 2. The van der Waals surface area contributed by atoms with Crippen molar-refractivity contribution in [1.82, 2.24) is 25.1 Å². The van der Waals surface area contributed by atoms with Crippen LogP contribution in [0.5, 0.6) is 0 Å². The van der Waals surface area contributed by atoms with Gasteiger partial charge in [0.2, 0.25) is 11.7 Å². The zero-order valence-corrected chi connectivity index (χ0v) is 15.7. The topological polar surface area (TPSA) is 63.9 Å². The second-order valence-electron chi connectivity index (χ2n) is 6.39. The minimum Gasteiger partial charge on any atom is -0.343 e. The van der Waals surface area contributed by atoms with Crippen LogP contribution in [0.25, 0.3) is 11.4 Å². The highest BCUT2D eigenvalue weighted by Gasteiger charge is 2.12. The van der Waals surface area contributed by atoms with Crippen molar-refractivity contribution in [2.45, 2.75) is 32.7 Å². The molecule has 0 saturated carbocycles. The van der Waals surface area contributed by atoms with Gasteiger partial charge in [0.25, 0.3) is 0 Å². The number of amides is 1.